The Hall–Kier alpha value is -1.35. The Morgan fingerprint density at radius 2 is 1.78 bits per heavy atom. The molecule has 0 bridgehead atoms. The second kappa shape index (κ2) is 4.73. The van der Waals surface area contributed by atoms with Crippen LogP contribution in [0.25, 0.3) is 0 Å². The average molecular weight is 266 g/mol. The van der Waals surface area contributed by atoms with Gasteiger partial charge in [0, 0.05) is 12.3 Å². The molecule has 1 unspecified atom stereocenters. The first kappa shape index (κ1) is 13.1. The molecule has 0 spiro atoms. The van der Waals surface area contributed by atoms with Crippen LogP contribution in [-0.2, 0) is 9.59 Å². The van der Waals surface area contributed by atoms with Crippen LogP contribution in [0.2, 0.25) is 0 Å². The average Bonchev–Trinajstić information content (AvgIpc) is 2.59. The first-order valence-electron chi connectivity index (χ1n) is 5.96. The van der Waals surface area contributed by atoms with Crippen LogP contribution in [0.15, 0.2) is 12.1 Å². The summed E-state index contributed by atoms with van der Waals surface area (Å²) in [5.41, 5.74) is 3.87. The lowest BCUT2D eigenvalue weighted by Gasteiger charge is -2.19. The van der Waals surface area contributed by atoms with Gasteiger partial charge in [-0.1, -0.05) is 6.07 Å². The van der Waals surface area contributed by atoms with Crippen LogP contribution in [0.5, 0.6) is 0 Å². The Balaban J connectivity index is 2.46. The lowest BCUT2D eigenvalue weighted by atomic mass is 10.0. The molecule has 0 saturated carbocycles. The standard InChI is InChI=1S/C14H16ClNO2/c1-8-4-10(3)12(5-9(8)2)16-13(17)6-11(7-15)14(16)18/h4-5,11H,6-7H2,1-3H3. The third-order valence-corrected chi connectivity index (χ3v) is 3.85. The highest BCUT2D eigenvalue weighted by Gasteiger charge is 2.39. The van der Waals surface area contributed by atoms with Gasteiger partial charge in [-0.15, -0.1) is 11.6 Å². The summed E-state index contributed by atoms with van der Waals surface area (Å²) in [5, 5.41) is 0. The molecule has 1 aliphatic rings. The van der Waals surface area contributed by atoms with Gasteiger partial charge < -0.3 is 0 Å². The molecule has 4 heteroatoms. The molecule has 1 aromatic carbocycles. The Morgan fingerprint density at radius 1 is 1.17 bits per heavy atom. The van der Waals surface area contributed by atoms with Gasteiger partial charge >= 0.3 is 0 Å². The number of hydrogen-bond donors (Lipinski definition) is 0. The van der Waals surface area contributed by atoms with Gasteiger partial charge in [0.15, 0.2) is 0 Å². The number of carbonyl (C=O) groups is 2. The summed E-state index contributed by atoms with van der Waals surface area (Å²) in [6, 6.07) is 3.90. The molecule has 1 aliphatic heterocycles. The zero-order valence-electron chi connectivity index (χ0n) is 10.8. The largest absolute Gasteiger partial charge is 0.274 e. The SMILES string of the molecule is Cc1cc(C)c(N2C(=O)CC(CCl)C2=O)cc1C. The Labute approximate surface area is 112 Å². The third-order valence-electron chi connectivity index (χ3n) is 3.48. The van der Waals surface area contributed by atoms with E-state index in [2.05, 4.69) is 0 Å². The minimum atomic E-state index is -0.375. The van der Waals surface area contributed by atoms with E-state index >= 15 is 0 Å². The number of benzene rings is 1. The smallest absolute Gasteiger partial charge is 0.238 e. The molecule has 1 fully saturated rings. The maximum Gasteiger partial charge on any atom is 0.238 e. The van der Waals surface area contributed by atoms with Gasteiger partial charge in [0.2, 0.25) is 11.8 Å². The van der Waals surface area contributed by atoms with Crippen LogP contribution in [0.4, 0.5) is 5.69 Å². The first-order chi connectivity index (χ1) is 8.45. The highest BCUT2D eigenvalue weighted by atomic mass is 35.5. The summed E-state index contributed by atoms with van der Waals surface area (Å²) in [4.78, 5) is 25.4. The normalized spacial score (nSPS) is 19.8. The number of alkyl halides is 1. The Morgan fingerprint density at radius 3 is 2.33 bits per heavy atom. The molecule has 1 saturated heterocycles. The number of anilines is 1. The quantitative estimate of drug-likeness (QED) is 0.609. The minimum absolute atomic E-state index is 0.156. The number of amides is 2. The van der Waals surface area contributed by atoms with E-state index < -0.39 is 0 Å². The van der Waals surface area contributed by atoms with Gasteiger partial charge in [0.05, 0.1) is 11.6 Å². The Kier molecular flexibility index (Phi) is 3.44. The summed E-state index contributed by atoms with van der Waals surface area (Å²) >= 11 is 5.72. The molecule has 2 rings (SSSR count). The highest BCUT2D eigenvalue weighted by molar-refractivity contribution is 6.26. The number of rotatable bonds is 2. The zero-order chi connectivity index (χ0) is 13.4. The van der Waals surface area contributed by atoms with Crippen LogP contribution in [0.1, 0.15) is 23.1 Å². The molecule has 1 heterocycles. The predicted molar refractivity (Wildman–Crippen MR) is 72.0 cm³/mol. The lowest BCUT2D eigenvalue weighted by Crippen LogP contribution is -2.31. The summed E-state index contributed by atoms with van der Waals surface area (Å²) in [6.45, 7) is 5.90. The molecule has 96 valence electrons. The van der Waals surface area contributed by atoms with E-state index in [9.17, 15) is 9.59 Å². The molecule has 0 N–H and O–H groups in total. The third kappa shape index (κ3) is 2.03. The van der Waals surface area contributed by atoms with Crippen LogP contribution < -0.4 is 4.90 Å². The van der Waals surface area contributed by atoms with Crippen molar-refractivity contribution in [2.75, 3.05) is 10.8 Å². The summed E-state index contributed by atoms with van der Waals surface area (Å²) in [5.74, 6) is -0.510. The fourth-order valence-corrected chi connectivity index (χ4v) is 2.50. The summed E-state index contributed by atoms with van der Waals surface area (Å²) in [7, 11) is 0. The van der Waals surface area contributed by atoms with Crippen molar-refractivity contribution in [3.05, 3.63) is 28.8 Å². The highest BCUT2D eigenvalue weighted by Crippen LogP contribution is 2.31. The van der Waals surface area contributed by atoms with Crippen molar-refractivity contribution >= 4 is 29.1 Å². The Bertz CT molecular complexity index is 525. The van der Waals surface area contributed by atoms with Gasteiger partial charge in [-0.05, 0) is 43.5 Å². The summed E-state index contributed by atoms with van der Waals surface area (Å²) < 4.78 is 0. The van der Waals surface area contributed by atoms with Crippen LogP contribution in [0, 0.1) is 26.7 Å². The van der Waals surface area contributed by atoms with Crippen molar-refractivity contribution in [3.63, 3.8) is 0 Å². The zero-order valence-corrected chi connectivity index (χ0v) is 11.5. The number of halogens is 1. The van der Waals surface area contributed by atoms with E-state index in [0.717, 1.165) is 16.7 Å². The molecule has 0 radical (unpaired) electrons. The number of carbonyl (C=O) groups excluding carboxylic acids is 2. The minimum Gasteiger partial charge on any atom is -0.274 e. The maximum atomic E-state index is 12.1. The van der Waals surface area contributed by atoms with Gasteiger partial charge in [-0.25, -0.2) is 4.90 Å². The van der Waals surface area contributed by atoms with Crippen molar-refractivity contribution in [1.82, 2.24) is 0 Å². The van der Waals surface area contributed by atoms with Gasteiger partial charge in [0.1, 0.15) is 0 Å². The number of imide groups is 1. The number of hydrogen-bond acceptors (Lipinski definition) is 2. The van der Waals surface area contributed by atoms with Crippen molar-refractivity contribution in [2.24, 2.45) is 5.92 Å². The molecular formula is C14H16ClNO2. The van der Waals surface area contributed by atoms with Crippen LogP contribution in [-0.4, -0.2) is 17.7 Å². The van der Waals surface area contributed by atoms with E-state index in [1.54, 1.807) is 0 Å². The monoisotopic (exact) mass is 265 g/mol. The second-order valence-electron chi connectivity index (χ2n) is 4.85. The molecule has 1 aromatic rings. The topological polar surface area (TPSA) is 37.4 Å². The first-order valence-corrected chi connectivity index (χ1v) is 6.49. The fourth-order valence-electron chi connectivity index (χ4n) is 2.25. The van der Waals surface area contributed by atoms with Crippen molar-refractivity contribution in [1.29, 1.82) is 0 Å². The molecule has 1 atom stereocenters. The van der Waals surface area contributed by atoms with E-state index in [-0.39, 0.29) is 30.0 Å². The molecule has 3 nitrogen and oxygen atoms in total. The number of aryl methyl sites for hydroxylation is 3. The predicted octanol–water partition coefficient (Wildman–Crippen LogP) is 2.73. The van der Waals surface area contributed by atoms with Crippen LogP contribution in [0.3, 0.4) is 0 Å². The van der Waals surface area contributed by atoms with Crippen molar-refractivity contribution in [2.45, 2.75) is 27.2 Å². The van der Waals surface area contributed by atoms with E-state index in [1.165, 1.54) is 4.90 Å². The molecule has 0 aromatic heterocycles. The molecule has 2 amide bonds. The van der Waals surface area contributed by atoms with E-state index in [1.807, 2.05) is 32.9 Å². The number of nitrogens with zero attached hydrogens (tertiary/aromatic N) is 1. The van der Waals surface area contributed by atoms with Gasteiger partial charge in [-0.2, -0.15) is 0 Å². The molecule has 0 aliphatic carbocycles. The van der Waals surface area contributed by atoms with Crippen molar-refractivity contribution in [3.8, 4) is 0 Å². The van der Waals surface area contributed by atoms with E-state index in [0.29, 0.717) is 5.69 Å². The molecular weight excluding hydrogens is 250 g/mol. The lowest BCUT2D eigenvalue weighted by molar-refractivity contribution is -0.122. The van der Waals surface area contributed by atoms with Gasteiger partial charge in [-0.3, -0.25) is 9.59 Å². The van der Waals surface area contributed by atoms with Gasteiger partial charge in [0.25, 0.3) is 0 Å². The van der Waals surface area contributed by atoms with Crippen LogP contribution >= 0.6 is 11.6 Å². The maximum absolute atomic E-state index is 12.1. The van der Waals surface area contributed by atoms with E-state index in [4.69, 9.17) is 11.6 Å². The summed E-state index contributed by atoms with van der Waals surface area (Å²) in [6.07, 6.45) is 0.217. The fraction of sp³-hybridized carbons (Fsp3) is 0.429. The molecule has 18 heavy (non-hydrogen) atoms. The second-order valence-corrected chi connectivity index (χ2v) is 5.15. The van der Waals surface area contributed by atoms with Crippen molar-refractivity contribution < 1.29 is 9.59 Å².